The molecule has 1 amide bonds. The predicted octanol–water partition coefficient (Wildman–Crippen LogP) is 1.63. The summed E-state index contributed by atoms with van der Waals surface area (Å²) < 4.78 is 5.70. The lowest BCUT2D eigenvalue weighted by atomic mass is 10.1. The van der Waals surface area contributed by atoms with Gasteiger partial charge in [-0.15, -0.1) is 0 Å². The van der Waals surface area contributed by atoms with Gasteiger partial charge in [0.2, 0.25) is 0 Å². The Morgan fingerprint density at radius 2 is 2.05 bits per heavy atom. The van der Waals surface area contributed by atoms with Crippen molar-refractivity contribution in [1.29, 1.82) is 5.26 Å². The molecule has 104 valence electrons. The predicted molar refractivity (Wildman–Crippen MR) is 77.5 cm³/mol. The normalized spacial score (nSPS) is 20.6. The number of nitrogens with zero attached hydrogens (tertiary/aromatic N) is 4. The Hall–Kier alpha value is -3.07. The number of carbonyl (C=O) groups excluding carboxylic acids is 1. The van der Waals surface area contributed by atoms with Crippen LogP contribution in [-0.2, 0) is 4.79 Å². The van der Waals surface area contributed by atoms with E-state index in [1.807, 2.05) is 42.3 Å². The number of benzene rings is 1. The Balaban J connectivity index is 1.92. The number of para-hydroxylation sites is 2. The van der Waals surface area contributed by atoms with Crippen LogP contribution < -0.4 is 9.64 Å². The number of hydrogen-bond donors (Lipinski definition) is 0. The second-order valence-electron chi connectivity index (χ2n) is 4.60. The molecule has 2 heterocycles. The number of anilines is 1. The van der Waals surface area contributed by atoms with Crippen LogP contribution in [0.5, 0.6) is 5.75 Å². The molecule has 0 aliphatic carbocycles. The Morgan fingerprint density at radius 1 is 1.29 bits per heavy atom. The van der Waals surface area contributed by atoms with E-state index in [1.165, 1.54) is 7.05 Å². The summed E-state index contributed by atoms with van der Waals surface area (Å²) in [5.74, 6) is 1.04. The highest BCUT2D eigenvalue weighted by Crippen LogP contribution is 2.37. The lowest BCUT2D eigenvalue weighted by Gasteiger charge is -2.09. The molecule has 0 aromatic heterocycles. The van der Waals surface area contributed by atoms with Gasteiger partial charge in [0, 0.05) is 14.1 Å². The first-order valence-corrected chi connectivity index (χ1v) is 6.31. The van der Waals surface area contributed by atoms with Crippen molar-refractivity contribution in [2.45, 2.75) is 0 Å². The number of likely N-dealkylation sites (N-methyl/N-ethyl adjacent to an activating group) is 1. The minimum absolute atomic E-state index is 0.109. The number of hydrazone groups is 1. The topological polar surface area (TPSA) is 68.9 Å². The molecule has 0 unspecified atom stereocenters. The third kappa shape index (κ3) is 2.05. The van der Waals surface area contributed by atoms with Gasteiger partial charge in [0.05, 0.1) is 11.3 Å². The molecule has 0 saturated carbocycles. The summed E-state index contributed by atoms with van der Waals surface area (Å²) in [5.41, 5.74) is 1.32. The van der Waals surface area contributed by atoms with Gasteiger partial charge in [0.1, 0.15) is 6.07 Å². The van der Waals surface area contributed by atoms with Gasteiger partial charge in [-0.3, -0.25) is 4.79 Å². The Morgan fingerprint density at radius 3 is 2.76 bits per heavy atom. The van der Waals surface area contributed by atoms with Crippen LogP contribution in [0, 0.1) is 11.3 Å². The van der Waals surface area contributed by atoms with Crippen LogP contribution in [0.2, 0.25) is 0 Å². The van der Waals surface area contributed by atoms with Crippen molar-refractivity contribution in [2.75, 3.05) is 19.0 Å². The summed E-state index contributed by atoms with van der Waals surface area (Å²) >= 11 is 0. The summed E-state index contributed by atoms with van der Waals surface area (Å²) in [6.07, 6.45) is 3.23. The van der Waals surface area contributed by atoms with Crippen molar-refractivity contribution in [3.63, 3.8) is 0 Å². The van der Waals surface area contributed by atoms with Gasteiger partial charge in [-0.05, 0) is 24.3 Å². The monoisotopic (exact) mass is 280 g/mol. The lowest BCUT2D eigenvalue weighted by Crippen LogP contribution is -2.17. The van der Waals surface area contributed by atoms with E-state index in [-0.39, 0.29) is 17.2 Å². The standard InChI is InChI=1S/C15H12N4O2/c1-18-12-5-3-4-6-13(12)21-14(18)8-7-10-11(9-16)17-19(2)15(10)20/h3-8H,1-2H3/b10-7+,14-8+. The molecule has 0 fully saturated rings. The molecule has 6 heteroatoms. The van der Waals surface area contributed by atoms with Gasteiger partial charge in [0.25, 0.3) is 5.91 Å². The molecule has 21 heavy (non-hydrogen) atoms. The first kappa shape index (κ1) is 12.9. The van der Waals surface area contributed by atoms with Crippen LogP contribution in [0.1, 0.15) is 0 Å². The number of nitriles is 1. The van der Waals surface area contributed by atoms with Crippen molar-refractivity contribution in [1.82, 2.24) is 5.01 Å². The second-order valence-corrected chi connectivity index (χ2v) is 4.60. The van der Waals surface area contributed by atoms with Crippen LogP contribution in [0.15, 0.2) is 53.0 Å². The molecule has 3 rings (SSSR count). The number of carbonyl (C=O) groups is 1. The number of rotatable bonds is 1. The number of allylic oxidation sites excluding steroid dienone is 2. The molecule has 0 N–H and O–H groups in total. The highest BCUT2D eigenvalue weighted by molar-refractivity contribution is 6.30. The summed E-state index contributed by atoms with van der Waals surface area (Å²) in [6, 6.07) is 9.55. The summed E-state index contributed by atoms with van der Waals surface area (Å²) in [4.78, 5) is 13.8. The number of fused-ring (bicyclic) bond motifs is 1. The van der Waals surface area contributed by atoms with E-state index in [0.29, 0.717) is 5.88 Å². The molecule has 2 aliphatic rings. The maximum Gasteiger partial charge on any atom is 0.276 e. The highest BCUT2D eigenvalue weighted by Gasteiger charge is 2.27. The van der Waals surface area contributed by atoms with Crippen LogP contribution in [0.25, 0.3) is 0 Å². The number of ether oxygens (including phenoxy) is 1. The molecule has 0 radical (unpaired) electrons. The van der Waals surface area contributed by atoms with Crippen molar-refractivity contribution >= 4 is 17.3 Å². The van der Waals surface area contributed by atoms with E-state index < -0.39 is 0 Å². The Bertz CT molecular complexity index is 755. The van der Waals surface area contributed by atoms with E-state index in [4.69, 9.17) is 10.00 Å². The molecule has 1 aromatic carbocycles. The quantitative estimate of drug-likeness (QED) is 0.733. The van der Waals surface area contributed by atoms with Crippen molar-refractivity contribution < 1.29 is 9.53 Å². The maximum atomic E-state index is 11.9. The largest absolute Gasteiger partial charge is 0.439 e. The third-order valence-corrected chi connectivity index (χ3v) is 3.30. The summed E-state index contributed by atoms with van der Waals surface area (Å²) in [5, 5.41) is 14.0. The van der Waals surface area contributed by atoms with E-state index in [1.54, 1.807) is 12.2 Å². The van der Waals surface area contributed by atoms with Crippen LogP contribution in [-0.4, -0.2) is 30.7 Å². The van der Waals surface area contributed by atoms with E-state index in [2.05, 4.69) is 5.10 Å². The van der Waals surface area contributed by atoms with Crippen LogP contribution >= 0.6 is 0 Å². The smallest absolute Gasteiger partial charge is 0.276 e. The summed E-state index contributed by atoms with van der Waals surface area (Å²) in [7, 11) is 3.39. The molecule has 1 aromatic rings. The van der Waals surface area contributed by atoms with Crippen LogP contribution in [0.3, 0.4) is 0 Å². The Labute approximate surface area is 121 Å². The molecular formula is C15H12N4O2. The van der Waals surface area contributed by atoms with E-state index in [0.717, 1.165) is 16.4 Å². The molecule has 0 bridgehead atoms. The van der Waals surface area contributed by atoms with Crippen LogP contribution in [0.4, 0.5) is 5.69 Å². The van der Waals surface area contributed by atoms with E-state index >= 15 is 0 Å². The van der Waals surface area contributed by atoms with Gasteiger partial charge >= 0.3 is 0 Å². The SMILES string of the molecule is CN1N=C(C#N)/C(=C\C=C2\Oc3ccccc3N2C)C1=O. The Kier molecular flexibility index (Phi) is 2.95. The third-order valence-electron chi connectivity index (χ3n) is 3.30. The minimum atomic E-state index is -0.304. The number of amides is 1. The van der Waals surface area contributed by atoms with Gasteiger partial charge in [-0.1, -0.05) is 12.1 Å². The van der Waals surface area contributed by atoms with Crippen molar-refractivity contribution in [2.24, 2.45) is 5.10 Å². The van der Waals surface area contributed by atoms with E-state index in [9.17, 15) is 4.79 Å². The first-order valence-electron chi connectivity index (χ1n) is 6.31. The summed E-state index contributed by atoms with van der Waals surface area (Å²) in [6.45, 7) is 0. The zero-order valence-electron chi connectivity index (χ0n) is 11.6. The lowest BCUT2D eigenvalue weighted by molar-refractivity contribution is -0.124. The van der Waals surface area contributed by atoms with Crippen molar-refractivity contribution in [3.05, 3.63) is 47.9 Å². The number of hydrogen-bond acceptors (Lipinski definition) is 5. The molecule has 0 atom stereocenters. The van der Waals surface area contributed by atoms with Gasteiger partial charge in [-0.25, -0.2) is 5.01 Å². The fraction of sp³-hybridized carbons (Fsp3) is 0.133. The minimum Gasteiger partial charge on any atom is -0.439 e. The van der Waals surface area contributed by atoms with Gasteiger partial charge in [-0.2, -0.15) is 10.4 Å². The fourth-order valence-corrected chi connectivity index (χ4v) is 2.18. The fourth-order valence-electron chi connectivity index (χ4n) is 2.18. The average Bonchev–Trinajstić information content (AvgIpc) is 2.96. The molecular weight excluding hydrogens is 268 g/mol. The molecule has 2 aliphatic heterocycles. The van der Waals surface area contributed by atoms with Gasteiger partial charge < -0.3 is 9.64 Å². The molecule has 0 saturated heterocycles. The van der Waals surface area contributed by atoms with Crippen molar-refractivity contribution in [3.8, 4) is 11.8 Å². The maximum absolute atomic E-state index is 11.9. The zero-order chi connectivity index (χ0) is 15.0. The highest BCUT2D eigenvalue weighted by atomic mass is 16.5. The first-order chi connectivity index (χ1) is 10.1. The zero-order valence-corrected chi connectivity index (χ0v) is 11.6. The second kappa shape index (κ2) is 4.80. The molecule has 6 nitrogen and oxygen atoms in total. The average molecular weight is 280 g/mol. The van der Waals surface area contributed by atoms with Gasteiger partial charge in [0.15, 0.2) is 17.3 Å². The molecule has 0 spiro atoms.